The van der Waals surface area contributed by atoms with E-state index in [4.69, 9.17) is 0 Å². The fraction of sp³-hybridized carbons (Fsp3) is 0.562. The molecule has 3 nitrogen and oxygen atoms in total. The van der Waals surface area contributed by atoms with Gasteiger partial charge in [0.15, 0.2) is 0 Å². The normalized spacial score (nSPS) is 24.0. The SMILES string of the molecule is O=C(c1cccs1)N1CCN(C[C@@H]2CC=CCC2)CC1. The summed E-state index contributed by atoms with van der Waals surface area (Å²) in [5, 5.41) is 1.97. The van der Waals surface area contributed by atoms with E-state index in [0.717, 1.165) is 37.0 Å². The highest BCUT2D eigenvalue weighted by Gasteiger charge is 2.24. The second-order valence-corrected chi connectivity index (χ2v) is 6.67. The van der Waals surface area contributed by atoms with Crippen molar-refractivity contribution in [2.24, 2.45) is 5.92 Å². The molecule has 1 aliphatic carbocycles. The van der Waals surface area contributed by atoms with Crippen molar-refractivity contribution in [3.8, 4) is 0 Å². The molecule has 0 N–H and O–H groups in total. The van der Waals surface area contributed by atoms with Gasteiger partial charge in [-0.25, -0.2) is 0 Å². The standard InChI is InChI=1S/C16H22N2OS/c19-16(15-7-4-12-20-15)18-10-8-17(9-11-18)13-14-5-2-1-3-6-14/h1-2,4,7,12,14H,3,5-6,8-11,13H2/t14-/m1/s1. The summed E-state index contributed by atoms with van der Waals surface area (Å²) in [5.74, 6) is 1.03. The molecule has 108 valence electrons. The van der Waals surface area contributed by atoms with Gasteiger partial charge in [0.05, 0.1) is 4.88 Å². The quantitative estimate of drug-likeness (QED) is 0.799. The van der Waals surface area contributed by atoms with E-state index in [9.17, 15) is 4.79 Å². The first-order chi connectivity index (χ1) is 9.83. The molecule has 2 aliphatic rings. The number of amides is 1. The molecule has 4 heteroatoms. The number of carbonyl (C=O) groups is 1. The zero-order chi connectivity index (χ0) is 13.8. The van der Waals surface area contributed by atoms with E-state index in [-0.39, 0.29) is 5.91 Å². The molecule has 0 aromatic carbocycles. The van der Waals surface area contributed by atoms with E-state index >= 15 is 0 Å². The summed E-state index contributed by atoms with van der Waals surface area (Å²) in [4.78, 5) is 17.7. The Kier molecular flexibility index (Phi) is 4.53. The van der Waals surface area contributed by atoms with Crippen LogP contribution in [0.2, 0.25) is 0 Å². The monoisotopic (exact) mass is 290 g/mol. The van der Waals surface area contributed by atoms with Gasteiger partial charge in [0.2, 0.25) is 0 Å². The molecule has 0 spiro atoms. The second kappa shape index (κ2) is 6.55. The molecule has 1 aromatic heterocycles. The van der Waals surface area contributed by atoms with Gasteiger partial charge in [-0.1, -0.05) is 18.2 Å². The van der Waals surface area contributed by atoms with Crippen LogP contribution in [-0.2, 0) is 0 Å². The number of piperazine rings is 1. The van der Waals surface area contributed by atoms with Crippen molar-refractivity contribution in [3.63, 3.8) is 0 Å². The first-order valence-corrected chi connectivity index (χ1v) is 8.41. The summed E-state index contributed by atoms with van der Waals surface area (Å²) >= 11 is 1.54. The van der Waals surface area contributed by atoms with Crippen molar-refractivity contribution in [1.29, 1.82) is 0 Å². The largest absolute Gasteiger partial charge is 0.335 e. The van der Waals surface area contributed by atoms with Gasteiger partial charge in [0.25, 0.3) is 5.91 Å². The number of allylic oxidation sites excluding steroid dienone is 2. The van der Waals surface area contributed by atoms with Crippen molar-refractivity contribution >= 4 is 17.2 Å². The van der Waals surface area contributed by atoms with Gasteiger partial charge in [-0.2, -0.15) is 0 Å². The van der Waals surface area contributed by atoms with Crippen LogP contribution in [0, 0.1) is 5.92 Å². The number of carbonyl (C=O) groups excluding carboxylic acids is 1. The van der Waals surface area contributed by atoms with E-state index in [0.29, 0.717) is 0 Å². The number of nitrogens with zero attached hydrogens (tertiary/aromatic N) is 2. The molecular formula is C16H22N2OS. The van der Waals surface area contributed by atoms with E-state index in [1.165, 1.54) is 25.8 Å². The highest BCUT2D eigenvalue weighted by atomic mass is 32.1. The molecule has 1 saturated heterocycles. The Hall–Kier alpha value is -1.13. The molecule has 0 unspecified atom stereocenters. The Bertz CT molecular complexity index is 461. The first-order valence-electron chi connectivity index (χ1n) is 7.53. The molecule has 1 amide bonds. The predicted molar refractivity (Wildman–Crippen MR) is 83.1 cm³/mol. The minimum atomic E-state index is 0.209. The Morgan fingerprint density at radius 1 is 1.25 bits per heavy atom. The molecular weight excluding hydrogens is 268 g/mol. The smallest absolute Gasteiger partial charge is 0.264 e. The zero-order valence-corrected chi connectivity index (χ0v) is 12.6. The van der Waals surface area contributed by atoms with Crippen LogP contribution in [0.5, 0.6) is 0 Å². The number of hydrogen-bond acceptors (Lipinski definition) is 3. The highest BCUT2D eigenvalue weighted by molar-refractivity contribution is 7.12. The molecule has 0 bridgehead atoms. The van der Waals surface area contributed by atoms with Gasteiger partial charge >= 0.3 is 0 Å². The second-order valence-electron chi connectivity index (χ2n) is 5.72. The van der Waals surface area contributed by atoms with Gasteiger partial charge in [0, 0.05) is 32.7 Å². The summed E-state index contributed by atoms with van der Waals surface area (Å²) in [6.07, 6.45) is 8.42. The Balaban J connectivity index is 1.47. The summed E-state index contributed by atoms with van der Waals surface area (Å²) < 4.78 is 0. The number of rotatable bonds is 3. The average Bonchev–Trinajstić information content (AvgIpc) is 3.03. The summed E-state index contributed by atoms with van der Waals surface area (Å²) in [5.41, 5.74) is 0. The van der Waals surface area contributed by atoms with Crippen molar-refractivity contribution < 1.29 is 4.79 Å². The van der Waals surface area contributed by atoms with E-state index < -0.39 is 0 Å². The lowest BCUT2D eigenvalue weighted by atomic mass is 9.94. The highest BCUT2D eigenvalue weighted by Crippen LogP contribution is 2.20. The van der Waals surface area contributed by atoms with Crippen molar-refractivity contribution in [2.45, 2.75) is 19.3 Å². The third-order valence-corrected chi connectivity index (χ3v) is 5.14. The lowest BCUT2D eigenvalue weighted by molar-refractivity contribution is 0.0619. The Morgan fingerprint density at radius 3 is 2.75 bits per heavy atom. The van der Waals surface area contributed by atoms with Crippen LogP contribution >= 0.6 is 11.3 Å². The Labute approximate surface area is 124 Å². The number of hydrogen-bond donors (Lipinski definition) is 0. The molecule has 1 aliphatic heterocycles. The van der Waals surface area contributed by atoms with Gasteiger partial charge < -0.3 is 4.90 Å². The van der Waals surface area contributed by atoms with Crippen LogP contribution in [0.25, 0.3) is 0 Å². The fourth-order valence-electron chi connectivity index (χ4n) is 3.08. The third kappa shape index (κ3) is 3.30. The zero-order valence-electron chi connectivity index (χ0n) is 11.8. The topological polar surface area (TPSA) is 23.6 Å². The molecule has 2 heterocycles. The minimum Gasteiger partial charge on any atom is -0.335 e. The average molecular weight is 290 g/mol. The lowest BCUT2D eigenvalue weighted by Crippen LogP contribution is -2.49. The van der Waals surface area contributed by atoms with Gasteiger partial charge in [-0.3, -0.25) is 9.69 Å². The van der Waals surface area contributed by atoms with Crippen LogP contribution in [-0.4, -0.2) is 48.4 Å². The molecule has 20 heavy (non-hydrogen) atoms. The minimum absolute atomic E-state index is 0.209. The van der Waals surface area contributed by atoms with Crippen molar-refractivity contribution in [3.05, 3.63) is 34.5 Å². The maximum absolute atomic E-state index is 12.3. The van der Waals surface area contributed by atoms with Gasteiger partial charge in [-0.15, -0.1) is 11.3 Å². The molecule has 1 atom stereocenters. The van der Waals surface area contributed by atoms with Crippen molar-refractivity contribution in [2.75, 3.05) is 32.7 Å². The first kappa shape index (κ1) is 13.8. The van der Waals surface area contributed by atoms with Crippen LogP contribution in [0.1, 0.15) is 28.9 Å². The molecule has 0 radical (unpaired) electrons. The summed E-state index contributed by atoms with van der Waals surface area (Å²) in [6, 6.07) is 3.87. The third-order valence-electron chi connectivity index (χ3n) is 4.29. The van der Waals surface area contributed by atoms with Crippen LogP contribution in [0.4, 0.5) is 0 Å². The van der Waals surface area contributed by atoms with E-state index in [1.807, 2.05) is 22.4 Å². The van der Waals surface area contributed by atoms with Gasteiger partial charge in [0.1, 0.15) is 0 Å². The summed E-state index contributed by atoms with van der Waals surface area (Å²) in [7, 11) is 0. The molecule has 1 fully saturated rings. The Morgan fingerprint density at radius 2 is 2.10 bits per heavy atom. The van der Waals surface area contributed by atoms with Crippen LogP contribution < -0.4 is 0 Å². The molecule has 1 aromatic rings. The predicted octanol–water partition coefficient (Wildman–Crippen LogP) is 2.86. The molecule has 3 rings (SSSR count). The lowest BCUT2D eigenvalue weighted by Gasteiger charge is -2.36. The van der Waals surface area contributed by atoms with Crippen LogP contribution in [0.15, 0.2) is 29.7 Å². The maximum atomic E-state index is 12.3. The van der Waals surface area contributed by atoms with E-state index in [2.05, 4.69) is 17.1 Å². The van der Waals surface area contributed by atoms with Crippen LogP contribution in [0.3, 0.4) is 0 Å². The van der Waals surface area contributed by atoms with E-state index in [1.54, 1.807) is 11.3 Å². The van der Waals surface area contributed by atoms with Gasteiger partial charge in [-0.05, 0) is 36.6 Å². The van der Waals surface area contributed by atoms with Crippen molar-refractivity contribution in [1.82, 2.24) is 9.80 Å². The summed E-state index contributed by atoms with van der Waals surface area (Å²) in [6.45, 7) is 5.00. The number of thiophene rings is 1. The maximum Gasteiger partial charge on any atom is 0.264 e. The molecule has 0 saturated carbocycles. The fourth-order valence-corrected chi connectivity index (χ4v) is 3.77.